The van der Waals surface area contributed by atoms with E-state index >= 15 is 0 Å². The Bertz CT molecular complexity index is 377. The second-order valence-corrected chi connectivity index (χ2v) is 6.12. The molecule has 1 aromatic rings. The van der Waals surface area contributed by atoms with E-state index in [0.717, 1.165) is 23.7 Å². The van der Waals surface area contributed by atoms with Crippen LogP contribution >= 0.6 is 15.9 Å². The molecule has 3 heteroatoms. The van der Waals surface area contributed by atoms with Crippen LogP contribution in [0, 0.1) is 0 Å². The molecule has 108 valence electrons. The number of nitrogens with two attached hydrogens (primary N) is 1. The number of likely N-dealkylation sites (N-methyl/N-ethyl adjacent to an activating group) is 1. The van der Waals surface area contributed by atoms with Crippen molar-refractivity contribution in [2.24, 2.45) is 5.73 Å². The normalized spacial score (nSPS) is 14.9. The van der Waals surface area contributed by atoms with Gasteiger partial charge in [-0.15, -0.1) is 0 Å². The zero-order valence-electron chi connectivity index (χ0n) is 12.6. The lowest BCUT2D eigenvalue weighted by Crippen LogP contribution is -2.43. The quantitative estimate of drug-likeness (QED) is 0.807. The van der Waals surface area contributed by atoms with E-state index in [0.29, 0.717) is 6.04 Å². The van der Waals surface area contributed by atoms with Crippen LogP contribution in [0.3, 0.4) is 0 Å². The zero-order valence-corrected chi connectivity index (χ0v) is 14.2. The van der Waals surface area contributed by atoms with E-state index < -0.39 is 0 Å². The van der Waals surface area contributed by atoms with Gasteiger partial charge >= 0.3 is 0 Å². The van der Waals surface area contributed by atoms with Gasteiger partial charge < -0.3 is 5.73 Å². The molecule has 0 aliphatic rings. The Morgan fingerprint density at radius 3 is 2.26 bits per heavy atom. The Morgan fingerprint density at radius 2 is 1.79 bits per heavy atom. The predicted octanol–water partition coefficient (Wildman–Crippen LogP) is 4.35. The lowest BCUT2D eigenvalue weighted by Gasteiger charge is -2.38. The van der Waals surface area contributed by atoms with E-state index in [2.05, 4.69) is 72.9 Å². The summed E-state index contributed by atoms with van der Waals surface area (Å²) in [6, 6.07) is 9.57. The van der Waals surface area contributed by atoms with Crippen LogP contribution in [0.25, 0.3) is 0 Å². The fourth-order valence-corrected chi connectivity index (χ4v) is 3.21. The summed E-state index contributed by atoms with van der Waals surface area (Å²) in [5.41, 5.74) is 7.69. The Hall–Kier alpha value is -0.380. The number of hydrogen-bond acceptors (Lipinski definition) is 2. The van der Waals surface area contributed by atoms with Crippen LogP contribution in [-0.2, 0) is 0 Å². The molecule has 2 unspecified atom stereocenters. The highest BCUT2D eigenvalue weighted by atomic mass is 79.9. The van der Waals surface area contributed by atoms with Crippen molar-refractivity contribution < 1.29 is 0 Å². The molecule has 1 aromatic carbocycles. The monoisotopic (exact) mass is 326 g/mol. The number of benzene rings is 1. The van der Waals surface area contributed by atoms with Gasteiger partial charge in [-0.3, -0.25) is 4.90 Å². The van der Waals surface area contributed by atoms with Gasteiger partial charge in [0, 0.05) is 22.6 Å². The lowest BCUT2D eigenvalue weighted by molar-refractivity contribution is 0.140. The maximum atomic E-state index is 6.39. The molecule has 0 bridgehead atoms. The van der Waals surface area contributed by atoms with Crippen LogP contribution in [-0.4, -0.2) is 24.0 Å². The molecule has 1 rings (SSSR count). The van der Waals surface area contributed by atoms with Gasteiger partial charge in [0.15, 0.2) is 0 Å². The third kappa shape index (κ3) is 4.30. The summed E-state index contributed by atoms with van der Waals surface area (Å²) in [5.74, 6) is 0. The Labute approximate surface area is 126 Å². The first-order valence-corrected chi connectivity index (χ1v) is 8.07. The number of hydrogen-bond donors (Lipinski definition) is 1. The summed E-state index contributed by atoms with van der Waals surface area (Å²) in [6.07, 6.45) is 3.31. The number of halogens is 1. The van der Waals surface area contributed by atoms with Gasteiger partial charge in [0.2, 0.25) is 0 Å². The summed E-state index contributed by atoms with van der Waals surface area (Å²) in [7, 11) is 2.21. The molecule has 0 spiro atoms. The van der Waals surface area contributed by atoms with Gasteiger partial charge in [0.1, 0.15) is 0 Å². The van der Waals surface area contributed by atoms with Gasteiger partial charge in [-0.05, 0) is 44.0 Å². The summed E-state index contributed by atoms with van der Waals surface area (Å²) >= 11 is 3.56. The minimum absolute atomic E-state index is 0.167. The zero-order chi connectivity index (χ0) is 14.4. The van der Waals surface area contributed by atoms with Gasteiger partial charge in [-0.1, -0.05) is 48.8 Å². The van der Waals surface area contributed by atoms with Crippen molar-refractivity contribution in [2.75, 3.05) is 7.05 Å². The highest BCUT2D eigenvalue weighted by Crippen LogP contribution is 2.29. The van der Waals surface area contributed by atoms with Gasteiger partial charge in [-0.2, -0.15) is 0 Å². The van der Waals surface area contributed by atoms with Crippen LogP contribution < -0.4 is 5.73 Å². The van der Waals surface area contributed by atoms with Crippen LogP contribution in [0.15, 0.2) is 28.7 Å². The summed E-state index contributed by atoms with van der Waals surface area (Å²) in [6.45, 7) is 6.66. The number of nitrogens with zero attached hydrogens (tertiary/aromatic N) is 1. The molecule has 0 saturated carbocycles. The topological polar surface area (TPSA) is 29.3 Å². The van der Waals surface area contributed by atoms with E-state index in [1.165, 1.54) is 5.56 Å². The molecule has 0 amide bonds. The van der Waals surface area contributed by atoms with E-state index in [1.807, 2.05) is 0 Å². The summed E-state index contributed by atoms with van der Waals surface area (Å²) in [4.78, 5) is 2.45. The molecule has 2 atom stereocenters. The smallest absolute Gasteiger partial charge is 0.0499 e. The third-order valence-electron chi connectivity index (χ3n) is 4.02. The molecule has 0 fully saturated rings. The van der Waals surface area contributed by atoms with E-state index in [-0.39, 0.29) is 12.1 Å². The average Bonchev–Trinajstić information content (AvgIpc) is 2.40. The Morgan fingerprint density at radius 1 is 1.16 bits per heavy atom. The maximum Gasteiger partial charge on any atom is 0.0499 e. The van der Waals surface area contributed by atoms with Gasteiger partial charge in [0.25, 0.3) is 0 Å². The molecule has 19 heavy (non-hydrogen) atoms. The largest absolute Gasteiger partial charge is 0.326 e. The predicted molar refractivity (Wildman–Crippen MR) is 87.3 cm³/mol. The number of rotatable bonds is 7. The second-order valence-electron chi connectivity index (χ2n) is 5.21. The van der Waals surface area contributed by atoms with Gasteiger partial charge in [-0.25, -0.2) is 0 Å². The van der Waals surface area contributed by atoms with E-state index in [9.17, 15) is 0 Å². The molecule has 2 N–H and O–H groups in total. The van der Waals surface area contributed by atoms with Crippen molar-refractivity contribution >= 4 is 15.9 Å². The Kier molecular flexibility index (Phi) is 7.05. The molecule has 2 nitrogen and oxygen atoms in total. The molecule has 0 aromatic heterocycles. The molecule has 0 radical (unpaired) electrons. The van der Waals surface area contributed by atoms with Crippen LogP contribution in [0.1, 0.15) is 51.6 Å². The van der Waals surface area contributed by atoms with Crippen molar-refractivity contribution in [1.82, 2.24) is 4.90 Å². The van der Waals surface area contributed by atoms with E-state index in [4.69, 9.17) is 5.73 Å². The van der Waals surface area contributed by atoms with Crippen molar-refractivity contribution in [1.29, 1.82) is 0 Å². The fraction of sp³-hybridized carbons (Fsp3) is 0.625. The molecular formula is C16H27BrN2. The third-order valence-corrected chi connectivity index (χ3v) is 4.52. The summed E-state index contributed by atoms with van der Waals surface area (Å²) < 4.78 is 1.12. The highest BCUT2D eigenvalue weighted by molar-refractivity contribution is 9.10. The molecular weight excluding hydrogens is 300 g/mol. The first kappa shape index (κ1) is 16.7. The molecule has 0 saturated heterocycles. The second kappa shape index (κ2) is 8.03. The van der Waals surface area contributed by atoms with Gasteiger partial charge in [0.05, 0.1) is 0 Å². The first-order valence-electron chi connectivity index (χ1n) is 7.28. The average molecular weight is 327 g/mol. The van der Waals surface area contributed by atoms with Crippen LogP contribution in [0.2, 0.25) is 0 Å². The summed E-state index contributed by atoms with van der Waals surface area (Å²) in [5, 5.41) is 0. The van der Waals surface area contributed by atoms with Crippen molar-refractivity contribution in [3.05, 3.63) is 34.3 Å². The molecule has 0 heterocycles. The minimum Gasteiger partial charge on any atom is -0.326 e. The first-order chi connectivity index (χ1) is 9.04. The van der Waals surface area contributed by atoms with Crippen LogP contribution in [0.4, 0.5) is 0 Å². The maximum absolute atomic E-state index is 6.39. The molecule has 0 aliphatic carbocycles. The fourth-order valence-electron chi connectivity index (χ4n) is 2.79. The van der Waals surface area contributed by atoms with E-state index in [1.54, 1.807) is 0 Å². The standard InChI is InChI=1S/C16H27BrN2/c1-5-14(6-2)19(4)16(15(18)7-3)12-9-8-10-13(17)11-12/h8-11,14-16H,5-7,18H2,1-4H3. The Balaban J connectivity index is 3.07. The van der Waals surface area contributed by atoms with Crippen molar-refractivity contribution in [3.63, 3.8) is 0 Å². The van der Waals surface area contributed by atoms with Crippen molar-refractivity contribution in [3.8, 4) is 0 Å². The minimum atomic E-state index is 0.167. The SMILES string of the molecule is CCC(N)C(c1cccc(Br)c1)N(C)C(CC)CC. The molecule has 0 aliphatic heterocycles. The lowest BCUT2D eigenvalue weighted by atomic mass is 9.94. The van der Waals surface area contributed by atoms with Crippen LogP contribution in [0.5, 0.6) is 0 Å². The highest BCUT2D eigenvalue weighted by Gasteiger charge is 2.26. The van der Waals surface area contributed by atoms with Crippen molar-refractivity contribution in [2.45, 2.75) is 58.2 Å².